The number of carbonyl (C=O) groups is 1. The fourth-order valence-electron chi connectivity index (χ4n) is 1.59. The van der Waals surface area contributed by atoms with Gasteiger partial charge < -0.3 is 19.3 Å². The minimum Gasteiger partial charge on any atom is -0.497 e. The lowest BCUT2D eigenvalue weighted by molar-refractivity contribution is 0.247. The fourth-order valence-corrected chi connectivity index (χ4v) is 1.59. The summed E-state index contributed by atoms with van der Waals surface area (Å²) in [4.78, 5) is 11.5. The summed E-state index contributed by atoms with van der Waals surface area (Å²) >= 11 is 0. The molecule has 0 aliphatic heterocycles. The van der Waals surface area contributed by atoms with Crippen molar-refractivity contribution in [2.24, 2.45) is 0 Å². The van der Waals surface area contributed by atoms with Crippen LogP contribution in [0.5, 0.6) is 11.5 Å². The quantitative estimate of drug-likeness (QED) is 0.797. The molecule has 0 bridgehead atoms. The van der Waals surface area contributed by atoms with Gasteiger partial charge >= 0.3 is 6.03 Å². The van der Waals surface area contributed by atoms with Crippen LogP contribution in [0.1, 0.15) is 5.76 Å². The van der Waals surface area contributed by atoms with Gasteiger partial charge in [-0.15, -0.1) is 0 Å². The zero-order chi connectivity index (χ0) is 15.1. The van der Waals surface area contributed by atoms with E-state index in [-0.39, 0.29) is 6.03 Å². The van der Waals surface area contributed by atoms with Gasteiger partial charge in [-0.3, -0.25) is 5.32 Å². The first-order chi connectivity index (χ1) is 10.2. The van der Waals surface area contributed by atoms with Crippen LogP contribution in [0.2, 0.25) is 0 Å². The number of urea groups is 1. The third-order valence-electron chi connectivity index (χ3n) is 2.59. The maximum absolute atomic E-state index is 11.5. The Morgan fingerprint density at radius 3 is 2.62 bits per heavy atom. The number of nitrogens with one attached hydrogen (secondary N) is 2. The van der Waals surface area contributed by atoms with Crippen LogP contribution in [0.15, 0.2) is 34.9 Å². The van der Waals surface area contributed by atoms with Crippen LogP contribution in [0.4, 0.5) is 10.6 Å². The van der Waals surface area contributed by atoms with Gasteiger partial charge in [0.1, 0.15) is 23.9 Å². The van der Waals surface area contributed by atoms with E-state index in [4.69, 9.17) is 14.0 Å². The number of hydrogen-bond donors (Lipinski definition) is 2. The van der Waals surface area contributed by atoms with Gasteiger partial charge in [-0.1, -0.05) is 5.16 Å². The van der Waals surface area contributed by atoms with E-state index >= 15 is 0 Å². The normalized spacial score (nSPS) is 10.0. The van der Waals surface area contributed by atoms with Gasteiger partial charge in [-0.25, -0.2) is 4.79 Å². The van der Waals surface area contributed by atoms with Crippen molar-refractivity contribution < 1.29 is 18.8 Å². The highest BCUT2D eigenvalue weighted by atomic mass is 16.5. The second-order valence-electron chi connectivity index (χ2n) is 4.23. The smallest absolute Gasteiger partial charge is 0.320 e. The lowest BCUT2D eigenvalue weighted by atomic mass is 10.3. The summed E-state index contributed by atoms with van der Waals surface area (Å²) in [6, 6.07) is 8.49. The number of rotatable bonds is 6. The summed E-state index contributed by atoms with van der Waals surface area (Å²) in [5.41, 5.74) is 0. The van der Waals surface area contributed by atoms with Gasteiger partial charge in [-0.2, -0.15) is 0 Å². The summed E-state index contributed by atoms with van der Waals surface area (Å²) in [5.74, 6) is 2.49. The molecular formula is C14H17N3O4. The third kappa shape index (κ3) is 4.72. The summed E-state index contributed by atoms with van der Waals surface area (Å²) in [7, 11) is 1.61. The fraction of sp³-hybridized carbons (Fsp3) is 0.286. The van der Waals surface area contributed by atoms with Gasteiger partial charge in [0.05, 0.1) is 13.7 Å². The van der Waals surface area contributed by atoms with Gasteiger partial charge in [0, 0.05) is 6.07 Å². The molecule has 2 rings (SSSR count). The summed E-state index contributed by atoms with van der Waals surface area (Å²) in [5, 5.41) is 8.86. The minimum atomic E-state index is -0.360. The number of nitrogens with zero attached hydrogens (tertiary/aromatic N) is 1. The standard InChI is InChI=1S/C14H17N3O4/c1-10-9-13(17-21-10)16-14(18)15-7-8-20-12-5-3-11(19-2)4-6-12/h3-6,9H,7-8H2,1-2H3,(H2,15,16,17,18). The SMILES string of the molecule is COc1ccc(OCCNC(=O)Nc2cc(C)on2)cc1. The van der Waals surface area contributed by atoms with Crippen molar-refractivity contribution in [1.29, 1.82) is 0 Å². The third-order valence-corrected chi connectivity index (χ3v) is 2.59. The molecule has 0 unspecified atom stereocenters. The number of anilines is 1. The summed E-state index contributed by atoms with van der Waals surface area (Å²) in [6.45, 7) is 2.48. The van der Waals surface area contributed by atoms with Crippen LogP contribution in [-0.2, 0) is 0 Å². The van der Waals surface area contributed by atoms with Crippen LogP contribution in [0, 0.1) is 6.92 Å². The molecule has 2 amide bonds. The van der Waals surface area contributed by atoms with Crippen LogP contribution in [0.3, 0.4) is 0 Å². The summed E-state index contributed by atoms with van der Waals surface area (Å²) in [6.07, 6.45) is 0. The molecule has 7 nitrogen and oxygen atoms in total. The van der Waals surface area contributed by atoms with E-state index in [2.05, 4.69) is 15.8 Å². The maximum atomic E-state index is 11.5. The monoisotopic (exact) mass is 291 g/mol. The predicted molar refractivity (Wildman–Crippen MR) is 76.8 cm³/mol. The highest BCUT2D eigenvalue weighted by molar-refractivity contribution is 5.88. The summed E-state index contributed by atoms with van der Waals surface area (Å²) < 4.78 is 15.4. The number of hydrogen-bond acceptors (Lipinski definition) is 5. The minimum absolute atomic E-state index is 0.359. The zero-order valence-electron chi connectivity index (χ0n) is 11.9. The molecule has 0 saturated carbocycles. The molecule has 7 heteroatoms. The zero-order valence-corrected chi connectivity index (χ0v) is 11.9. The first-order valence-corrected chi connectivity index (χ1v) is 6.42. The Bertz CT molecular complexity index is 580. The first kappa shape index (κ1) is 14.7. The first-order valence-electron chi connectivity index (χ1n) is 6.42. The van der Waals surface area contributed by atoms with Gasteiger partial charge in [-0.05, 0) is 31.2 Å². The Balaban J connectivity index is 1.65. The van der Waals surface area contributed by atoms with Gasteiger partial charge in [0.2, 0.25) is 0 Å². The van der Waals surface area contributed by atoms with E-state index in [1.165, 1.54) is 0 Å². The van der Waals surface area contributed by atoms with E-state index in [0.29, 0.717) is 30.5 Å². The number of aryl methyl sites for hydroxylation is 1. The Morgan fingerprint density at radius 2 is 2.00 bits per heavy atom. The molecule has 1 heterocycles. The molecule has 0 spiro atoms. The largest absolute Gasteiger partial charge is 0.497 e. The van der Waals surface area contributed by atoms with E-state index < -0.39 is 0 Å². The second-order valence-corrected chi connectivity index (χ2v) is 4.23. The van der Waals surface area contributed by atoms with E-state index in [1.54, 1.807) is 32.2 Å². The van der Waals surface area contributed by atoms with Crippen molar-refractivity contribution in [3.8, 4) is 11.5 Å². The molecule has 1 aromatic heterocycles. The van der Waals surface area contributed by atoms with Crippen molar-refractivity contribution >= 4 is 11.8 Å². The van der Waals surface area contributed by atoms with Crippen molar-refractivity contribution in [2.45, 2.75) is 6.92 Å². The number of methoxy groups -OCH3 is 1. The van der Waals surface area contributed by atoms with E-state index in [0.717, 1.165) is 5.75 Å². The highest BCUT2D eigenvalue weighted by Crippen LogP contribution is 2.16. The average Bonchev–Trinajstić information content (AvgIpc) is 2.89. The Kier molecular flexibility index (Phi) is 5.03. The van der Waals surface area contributed by atoms with Crippen molar-refractivity contribution in [2.75, 3.05) is 25.6 Å². The van der Waals surface area contributed by atoms with Gasteiger partial charge in [0.15, 0.2) is 5.82 Å². The topological polar surface area (TPSA) is 85.6 Å². The number of aromatic nitrogens is 1. The molecular weight excluding hydrogens is 274 g/mol. The number of benzene rings is 1. The molecule has 0 atom stereocenters. The number of carbonyl (C=O) groups excluding carboxylic acids is 1. The molecule has 2 aromatic rings. The predicted octanol–water partition coefficient (Wildman–Crippen LogP) is 2.19. The number of ether oxygens (including phenoxy) is 2. The van der Waals surface area contributed by atoms with Crippen molar-refractivity contribution in [1.82, 2.24) is 10.5 Å². The molecule has 1 aromatic carbocycles. The number of amides is 2. The molecule has 0 fully saturated rings. The molecule has 0 aliphatic rings. The van der Waals surface area contributed by atoms with Gasteiger partial charge in [0.25, 0.3) is 0 Å². The molecule has 112 valence electrons. The van der Waals surface area contributed by atoms with Crippen LogP contribution >= 0.6 is 0 Å². The van der Waals surface area contributed by atoms with E-state index in [1.807, 2.05) is 12.1 Å². The Hall–Kier alpha value is -2.70. The molecule has 0 saturated heterocycles. The van der Waals surface area contributed by atoms with Crippen LogP contribution < -0.4 is 20.1 Å². The second kappa shape index (κ2) is 7.18. The lowest BCUT2D eigenvalue weighted by Gasteiger charge is -2.08. The van der Waals surface area contributed by atoms with E-state index in [9.17, 15) is 4.79 Å². The molecule has 0 aliphatic carbocycles. The maximum Gasteiger partial charge on any atom is 0.320 e. The highest BCUT2D eigenvalue weighted by Gasteiger charge is 2.05. The van der Waals surface area contributed by atoms with Crippen LogP contribution in [0.25, 0.3) is 0 Å². The average molecular weight is 291 g/mol. The van der Waals surface area contributed by atoms with Crippen LogP contribution in [-0.4, -0.2) is 31.4 Å². The Morgan fingerprint density at radius 1 is 1.29 bits per heavy atom. The van der Waals surface area contributed by atoms with Crippen molar-refractivity contribution in [3.05, 3.63) is 36.1 Å². The Labute approximate surface area is 122 Å². The molecule has 0 radical (unpaired) electrons. The van der Waals surface area contributed by atoms with Crippen molar-refractivity contribution in [3.63, 3.8) is 0 Å². The molecule has 21 heavy (non-hydrogen) atoms. The lowest BCUT2D eigenvalue weighted by Crippen LogP contribution is -2.32. The molecule has 2 N–H and O–H groups in total.